The maximum atomic E-state index is 13.4. The average Bonchev–Trinajstić information content (AvgIpc) is 3.09. The molecule has 3 N–H and O–H groups in total. The molecule has 0 spiro atoms. The predicted molar refractivity (Wildman–Crippen MR) is 150 cm³/mol. The summed E-state index contributed by atoms with van der Waals surface area (Å²) in [6.45, 7) is 7.81. The van der Waals surface area contributed by atoms with Gasteiger partial charge in [0.15, 0.2) is 0 Å². The second-order valence-electron chi connectivity index (χ2n) is 9.97. The molecule has 2 aromatic carbocycles. The maximum absolute atomic E-state index is 13.4. The van der Waals surface area contributed by atoms with Gasteiger partial charge < -0.3 is 20.9 Å². The van der Waals surface area contributed by atoms with Gasteiger partial charge in [0.25, 0.3) is 5.91 Å². The van der Waals surface area contributed by atoms with Gasteiger partial charge in [-0.3, -0.25) is 9.59 Å². The molecule has 4 rings (SSSR count). The summed E-state index contributed by atoms with van der Waals surface area (Å²) in [5, 5.41) is 3.60. The Morgan fingerprint density at radius 2 is 1.86 bits per heavy atom. The molecule has 196 valence electrons. The van der Waals surface area contributed by atoms with Crippen molar-refractivity contribution >= 4 is 29.4 Å². The van der Waals surface area contributed by atoms with Crippen molar-refractivity contribution in [1.82, 2.24) is 15.1 Å². The van der Waals surface area contributed by atoms with Gasteiger partial charge in [0.1, 0.15) is 5.84 Å². The van der Waals surface area contributed by atoms with Crippen LogP contribution in [0.4, 0.5) is 5.69 Å². The summed E-state index contributed by atoms with van der Waals surface area (Å²) in [5.74, 6) is 0.403. The first-order valence-electron chi connectivity index (χ1n) is 13.5. The third-order valence-corrected chi connectivity index (χ3v) is 6.94. The molecule has 0 bridgehead atoms. The number of nitrogens with one attached hydrogen (secondary N) is 1. The number of likely N-dealkylation sites (tertiary alicyclic amines) is 1. The van der Waals surface area contributed by atoms with E-state index in [9.17, 15) is 9.59 Å². The van der Waals surface area contributed by atoms with Gasteiger partial charge in [0, 0.05) is 61.9 Å². The fourth-order valence-corrected chi connectivity index (χ4v) is 5.09. The maximum Gasteiger partial charge on any atom is 0.253 e. The van der Waals surface area contributed by atoms with Gasteiger partial charge in [-0.2, -0.15) is 0 Å². The Morgan fingerprint density at radius 1 is 1.11 bits per heavy atom. The van der Waals surface area contributed by atoms with Gasteiger partial charge in [-0.15, -0.1) is 0 Å². The minimum Gasteiger partial charge on any atom is -0.387 e. The molecular formula is C30H39N5O2. The number of nitrogens with zero attached hydrogens (tertiary/aromatic N) is 3. The summed E-state index contributed by atoms with van der Waals surface area (Å²) in [4.78, 5) is 35.0. The molecule has 0 aliphatic carbocycles. The number of aliphatic imine (C=N–C) groups is 1. The molecule has 2 heterocycles. The highest BCUT2D eigenvalue weighted by atomic mass is 16.2. The van der Waals surface area contributed by atoms with Gasteiger partial charge in [-0.05, 0) is 49.5 Å². The normalized spacial score (nSPS) is 17.4. The van der Waals surface area contributed by atoms with Crippen LogP contribution in [0.5, 0.6) is 0 Å². The van der Waals surface area contributed by atoms with E-state index < -0.39 is 0 Å². The second kappa shape index (κ2) is 12.7. The van der Waals surface area contributed by atoms with Crippen LogP contribution in [0.15, 0.2) is 59.1 Å². The van der Waals surface area contributed by atoms with Crippen LogP contribution in [0.3, 0.4) is 0 Å². The van der Waals surface area contributed by atoms with E-state index in [1.54, 1.807) is 0 Å². The van der Waals surface area contributed by atoms with E-state index in [-0.39, 0.29) is 17.9 Å². The third-order valence-electron chi connectivity index (χ3n) is 6.94. The SMILES string of the molecule is CCCN(CCC)C(=O)C1=Cc2ccc(C(=O)N3CCCC(NCc4ccccc4)C3)cc2N=C(N)C1. The first-order valence-corrected chi connectivity index (χ1v) is 13.5. The van der Waals surface area contributed by atoms with Gasteiger partial charge in [0.2, 0.25) is 5.91 Å². The van der Waals surface area contributed by atoms with Gasteiger partial charge >= 0.3 is 0 Å². The zero-order valence-electron chi connectivity index (χ0n) is 22.1. The number of carbonyl (C=O) groups excluding carboxylic acids is 2. The number of amides is 2. The topological polar surface area (TPSA) is 91.0 Å². The number of rotatable bonds is 9. The highest BCUT2D eigenvalue weighted by molar-refractivity contribution is 6.06. The number of hydrogen-bond acceptors (Lipinski definition) is 5. The lowest BCUT2D eigenvalue weighted by molar-refractivity contribution is -0.127. The Kier molecular flexibility index (Phi) is 9.12. The van der Waals surface area contributed by atoms with E-state index in [1.165, 1.54) is 5.56 Å². The van der Waals surface area contributed by atoms with Crippen molar-refractivity contribution in [3.8, 4) is 0 Å². The minimum absolute atomic E-state index is 0.00405. The van der Waals surface area contributed by atoms with Gasteiger partial charge in [0.05, 0.1) is 5.69 Å². The van der Waals surface area contributed by atoms with Crippen LogP contribution in [-0.2, 0) is 11.3 Å². The molecule has 1 atom stereocenters. The van der Waals surface area contributed by atoms with Crippen molar-refractivity contribution in [3.05, 3.63) is 70.8 Å². The second-order valence-corrected chi connectivity index (χ2v) is 9.97. The summed E-state index contributed by atoms with van der Waals surface area (Å²) in [6, 6.07) is 16.1. The first-order chi connectivity index (χ1) is 18.0. The number of piperidine rings is 1. The van der Waals surface area contributed by atoms with E-state index in [0.717, 1.165) is 57.4 Å². The molecule has 7 heteroatoms. The molecule has 2 aliphatic rings. The lowest BCUT2D eigenvalue weighted by Gasteiger charge is -2.33. The monoisotopic (exact) mass is 501 g/mol. The van der Waals surface area contributed by atoms with Crippen LogP contribution in [0.25, 0.3) is 6.08 Å². The zero-order chi connectivity index (χ0) is 26.2. The van der Waals surface area contributed by atoms with Crippen LogP contribution < -0.4 is 11.1 Å². The fourth-order valence-electron chi connectivity index (χ4n) is 5.09. The number of benzene rings is 2. The highest BCUT2D eigenvalue weighted by Crippen LogP contribution is 2.29. The van der Waals surface area contributed by atoms with Crippen molar-refractivity contribution in [2.75, 3.05) is 26.2 Å². The zero-order valence-corrected chi connectivity index (χ0v) is 22.1. The van der Waals surface area contributed by atoms with E-state index in [4.69, 9.17) is 5.73 Å². The van der Waals surface area contributed by atoms with E-state index in [1.807, 2.05) is 52.3 Å². The minimum atomic E-state index is 0.00405. The van der Waals surface area contributed by atoms with E-state index in [0.29, 0.717) is 35.6 Å². The number of fused-ring (bicyclic) bond motifs is 1. The first kappa shape index (κ1) is 26.6. The number of nitrogens with two attached hydrogens (primary N) is 1. The third kappa shape index (κ3) is 6.86. The lowest BCUT2D eigenvalue weighted by Crippen LogP contribution is -2.47. The van der Waals surface area contributed by atoms with E-state index in [2.05, 4.69) is 36.3 Å². The summed E-state index contributed by atoms with van der Waals surface area (Å²) in [7, 11) is 0. The van der Waals surface area contributed by atoms with Gasteiger partial charge in [-0.25, -0.2) is 4.99 Å². The molecule has 0 saturated carbocycles. The predicted octanol–water partition coefficient (Wildman–Crippen LogP) is 4.51. The molecule has 1 fully saturated rings. The van der Waals surface area contributed by atoms with Crippen LogP contribution in [-0.4, -0.2) is 59.7 Å². The average molecular weight is 502 g/mol. The molecule has 0 aromatic heterocycles. The molecule has 2 aromatic rings. The number of carbonyl (C=O) groups is 2. The summed E-state index contributed by atoms with van der Waals surface area (Å²) in [6.07, 6.45) is 6.03. The highest BCUT2D eigenvalue weighted by Gasteiger charge is 2.26. The smallest absolute Gasteiger partial charge is 0.253 e. The number of hydrogen-bond donors (Lipinski definition) is 2. The van der Waals surface area contributed by atoms with Crippen molar-refractivity contribution in [1.29, 1.82) is 0 Å². The molecule has 0 radical (unpaired) electrons. The standard InChI is InChI=1S/C30H39N5O2/c1-3-14-34(15-4-2)30(37)25-17-23-12-13-24(18-27(23)33-28(31)19-25)29(36)35-16-8-11-26(21-35)32-20-22-9-6-5-7-10-22/h5-7,9-10,12-13,17-18,26,32H,3-4,8,11,14-16,19-21H2,1-2H3,(H2,31,33). The largest absolute Gasteiger partial charge is 0.387 e. The van der Waals surface area contributed by atoms with Crippen LogP contribution >= 0.6 is 0 Å². The Bertz CT molecular complexity index is 1150. The van der Waals surface area contributed by atoms with Crippen molar-refractivity contribution in [2.24, 2.45) is 10.7 Å². The van der Waals surface area contributed by atoms with Crippen LogP contribution in [0.2, 0.25) is 0 Å². The van der Waals surface area contributed by atoms with Crippen LogP contribution in [0, 0.1) is 0 Å². The summed E-state index contributed by atoms with van der Waals surface area (Å²) in [5.41, 5.74) is 10.2. The Labute approximate surface area is 220 Å². The Balaban J connectivity index is 1.47. The molecule has 1 saturated heterocycles. The van der Waals surface area contributed by atoms with Crippen molar-refractivity contribution in [3.63, 3.8) is 0 Å². The van der Waals surface area contributed by atoms with Crippen LogP contribution in [0.1, 0.15) is 67.4 Å². The van der Waals surface area contributed by atoms with E-state index >= 15 is 0 Å². The molecule has 2 amide bonds. The lowest BCUT2D eigenvalue weighted by atomic mass is 10.0. The summed E-state index contributed by atoms with van der Waals surface area (Å²) < 4.78 is 0. The fraction of sp³-hybridized carbons (Fsp3) is 0.433. The Morgan fingerprint density at radius 3 is 2.59 bits per heavy atom. The Hall–Kier alpha value is -3.45. The summed E-state index contributed by atoms with van der Waals surface area (Å²) >= 11 is 0. The molecule has 2 aliphatic heterocycles. The molecule has 1 unspecified atom stereocenters. The number of amidine groups is 1. The molecular weight excluding hydrogens is 462 g/mol. The molecule has 37 heavy (non-hydrogen) atoms. The van der Waals surface area contributed by atoms with Crippen molar-refractivity contribution in [2.45, 2.75) is 58.5 Å². The quantitative estimate of drug-likeness (QED) is 0.529. The van der Waals surface area contributed by atoms with Crippen molar-refractivity contribution < 1.29 is 9.59 Å². The molecule has 7 nitrogen and oxygen atoms in total. The van der Waals surface area contributed by atoms with Gasteiger partial charge in [-0.1, -0.05) is 50.2 Å².